The summed E-state index contributed by atoms with van der Waals surface area (Å²) in [5.74, 6) is -0.172. The van der Waals surface area contributed by atoms with Crippen LogP contribution < -0.4 is 0 Å². The Morgan fingerprint density at radius 3 is 2.71 bits per heavy atom. The molecule has 1 atom stereocenters. The quantitative estimate of drug-likeness (QED) is 0.520. The number of nitrogens with zero attached hydrogens (tertiary/aromatic N) is 1. The number of thiophene rings is 1. The van der Waals surface area contributed by atoms with Crippen LogP contribution in [0.2, 0.25) is 0 Å². The van der Waals surface area contributed by atoms with E-state index >= 15 is 0 Å². The number of benzene rings is 2. The van der Waals surface area contributed by atoms with E-state index in [9.17, 15) is 9.18 Å². The number of rotatable bonds is 3. The SMILES string of the molecule is O=C(Cc1cccs1)N1CCc2c([nH]c3ccccc23)[C@@H]1c1ccc(F)cc1. The van der Waals surface area contributed by atoms with Gasteiger partial charge in [-0.15, -0.1) is 11.3 Å². The van der Waals surface area contributed by atoms with Crippen molar-refractivity contribution in [3.63, 3.8) is 0 Å². The Bertz CT molecular complexity index is 1130. The number of aromatic nitrogens is 1. The summed E-state index contributed by atoms with van der Waals surface area (Å²) < 4.78 is 13.5. The number of para-hydroxylation sites is 1. The number of fused-ring (bicyclic) bond motifs is 3. The number of aromatic amines is 1. The highest BCUT2D eigenvalue weighted by Gasteiger charge is 2.34. The maximum Gasteiger partial charge on any atom is 0.228 e. The van der Waals surface area contributed by atoms with E-state index in [1.807, 2.05) is 34.5 Å². The monoisotopic (exact) mass is 390 g/mol. The van der Waals surface area contributed by atoms with E-state index in [0.29, 0.717) is 13.0 Å². The lowest BCUT2D eigenvalue weighted by molar-refractivity contribution is -0.132. The maximum absolute atomic E-state index is 13.5. The van der Waals surface area contributed by atoms with Gasteiger partial charge in [-0.25, -0.2) is 4.39 Å². The number of hydrogen-bond donors (Lipinski definition) is 1. The van der Waals surface area contributed by atoms with Gasteiger partial charge in [-0.05, 0) is 47.2 Å². The van der Waals surface area contributed by atoms with Crippen LogP contribution in [-0.2, 0) is 17.6 Å². The lowest BCUT2D eigenvalue weighted by atomic mass is 9.92. The molecule has 1 amide bonds. The molecule has 0 unspecified atom stereocenters. The molecule has 0 spiro atoms. The number of nitrogens with one attached hydrogen (secondary N) is 1. The fourth-order valence-electron chi connectivity index (χ4n) is 4.16. The molecule has 3 heterocycles. The summed E-state index contributed by atoms with van der Waals surface area (Å²) in [7, 11) is 0. The van der Waals surface area contributed by atoms with Gasteiger partial charge in [-0.1, -0.05) is 36.4 Å². The van der Waals surface area contributed by atoms with Crippen LogP contribution in [0.3, 0.4) is 0 Å². The van der Waals surface area contributed by atoms with Crippen LogP contribution in [0.4, 0.5) is 4.39 Å². The van der Waals surface area contributed by atoms with Crippen molar-refractivity contribution < 1.29 is 9.18 Å². The number of hydrogen-bond acceptors (Lipinski definition) is 2. The molecule has 0 saturated heterocycles. The van der Waals surface area contributed by atoms with Crippen molar-refractivity contribution >= 4 is 28.1 Å². The van der Waals surface area contributed by atoms with Crippen molar-refractivity contribution in [1.29, 1.82) is 0 Å². The van der Waals surface area contributed by atoms with E-state index in [0.717, 1.165) is 28.1 Å². The van der Waals surface area contributed by atoms with Crippen LogP contribution in [0.5, 0.6) is 0 Å². The number of carbonyl (C=O) groups is 1. The van der Waals surface area contributed by atoms with E-state index in [1.54, 1.807) is 23.5 Å². The van der Waals surface area contributed by atoms with Crippen LogP contribution in [0.25, 0.3) is 10.9 Å². The van der Waals surface area contributed by atoms with Crippen LogP contribution in [0.15, 0.2) is 66.0 Å². The Morgan fingerprint density at radius 2 is 1.93 bits per heavy atom. The Balaban J connectivity index is 1.60. The zero-order valence-corrected chi connectivity index (χ0v) is 16.0. The van der Waals surface area contributed by atoms with Gasteiger partial charge in [0.1, 0.15) is 5.82 Å². The van der Waals surface area contributed by atoms with Gasteiger partial charge < -0.3 is 9.88 Å². The molecule has 0 aliphatic carbocycles. The topological polar surface area (TPSA) is 36.1 Å². The Labute approximate surface area is 166 Å². The van der Waals surface area contributed by atoms with E-state index in [4.69, 9.17) is 0 Å². The molecule has 2 aromatic heterocycles. The van der Waals surface area contributed by atoms with Crippen LogP contribution in [0.1, 0.15) is 27.7 Å². The first-order valence-corrected chi connectivity index (χ1v) is 10.3. The van der Waals surface area contributed by atoms with E-state index in [2.05, 4.69) is 17.1 Å². The van der Waals surface area contributed by atoms with Crippen molar-refractivity contribution in [1.82, 2.24) is 9.88 Å². The smallest absolute Gasteiger partial charge is 0.228 e. The molecule has 28 heavy (non-hydrogen) atoms. The van der Waals surface area contributed by atoms with E-state index < -0.39 is 0 Å². The minimum absolute atomic E-state index is 0.0982. The molecule has 2 aromatic carbocycles. The normalized spacial score (nSPS) is 16.3. The summed E-state index contributed by atoms with van der Waals surface area (Å²) in [6.45, 7) is 0.654. The van der Waals surface area contributed by atoms with Gasteiger partial charge >= 0.3 is 0 Å². The second-order valence-corrected chi connectivity index (χ2v) is 8.14. The molecule has 1 aliphatic rings. The van der Waals surface area contributed by atoms with Crippen LogP contribution >= 0.6 is 11.3 Å². The minimum atomic E-state index is -0.270. The van der Waals surface area contributed by atoms with Gasteiger partial charge in [0.15, 0.2) is 0 Å². The van der Waals surface area contributed by atoms with Gasteiger partial charge in [0.05, 0.1) is 12.5 Å². The summed E-state index contributed by atoms with van der Waals surface area (Å²) in [6, 6.07) is 18.5. The van der Waals surface area contributed by atoms with E-state index in [1.165, 1.54) is 23.1 Å². The van der Waals surface area contributed by atoms with Crippen LogP contribution in [-0.4, -0.2) is 22.3 Å². The second kappa shape index (κ2) is 6.91. The highest BCUT2D eigenvalue weighted by Crippen LogP contribution is 2.38. The standard InChI is InChI=1S/C23H19FN2OS/c24-16-9-7-15(8-10-16)23-22-19(18-5-1-2-6-20(18)25-22)11-12-26(23)21(27)14-17-4-3-13-28-17/h1-10,13,23,25H,11-12,14H2/t23-/m0/s1. The van der Waals surface area contributed by atoms with Crippen LogP contribution in [0, 0.1) is 5.82 Å². The molecule has 1 aliphatic heterocycles. The van der Waals surface area contributed by atoms with Gasteiger partial charge in [-0.3, -0.25) is 4.79 Å². The average Bonchev–Trinajstić information content (AvgIpc) is 3.35. The molecule has 0 saturated carbocycles. The van der Waals surface area contributed by atoms with Gasteiger partial charge in [-0.2, -0.15) is 0 Å². The minimum Gasteiger partial charge on any atom is -0.356 e. The molecule has 4 aromatic rings. The van der Waals surface area contributed by atoms with Gasteiger partial charge in [0.2, 0.25) is 5.91 Å². The number of carbonyl (C=O) groups excluding carboxylic acids is 1. The Morgan fingerprint density at radius 1 is 1.11 bits per heavy atom. The van der Waals surface area contributed by atoms with Crippen molar-refractivity contribution in [3.8, 4) is 0 Å². The third-order valence-electron chi connectivity index (χ3n) is 5.45. The molecular formula is C23H19FN2OS. The molecule has 3 nitrogen and oxygen atoms in total. The van der Waals surface area contributed by atoms with Gasteiger partial charge in [0, 0.05) is 28.0 Å². The molecule has 5 heteroatoms. The van der Waals surface area contributed by atoms with Crippen molar-refractivity contribution in [2.24, 2.45) is 0 Å². The molecule has 140 valence electrons. The fourth-order valence-corrected chi connectivity index (χ4v) is 4.86. The fraction of sp³-hybridized carbons (Fsp3) is 0.174. The Kier molecular flexibility index (Phi) is 4.24. The zero-order valence-electron chi connectivity index (χ0n) is 15.2. The number of amides is 1. The largest absolute Gasteiger partial charge is 0.356 e. The predicted molar refractivity (Wildman–Crippen MR) is 110 cm³/mol. The molecule has 0 bridgehead atoms. The molecule has 0 fully saturated rings. The third-order valence-corrected chi connectivity index (χ3v) is 6.32. The predicted octanol–water partition coefficient (Wildman–Crippen LogP) is 5.09. The molecule has 1 N–H and O–H groups in total. The highest BCUT2D eigenvalue weighted by atomic mass is 32.1. The second-order valence-electron chi connectivity index (χ2n) is 7.11. The first-order valence-electron chi connectivity index (χ1n) is 9.37. The van der Waals surface area contributed by atoms with E-state index in [-0.39, 0.29) is 17.8 Å². The third kappa shape index (κ3) is 2.92. The molecular weight excluding hydrogens is 371 g/mol. The highest BCUT2D eigenvalue weighted by molar-refractivity contribution is 7.10. The number of halogens is 1. The lowest BCUT2D eigenvalue weighted by Crippen LogP contribution is -2.41. The lowest BCUT2D eigenvalue weighted by Gasteiger charge is -2.36. The summed E-state index contributed by atoms with van der Waals surface area (Å²) in [5.41, 5.74) is 4.30. The van der Waals surface area contributed by atoms with Crippen molar-refractivity contribution in [2.75, 3.05) is 6.54 Å². The van der Waals surface area contributed by atoms with Gasteiger partial charge in [0.25, 0.3) is 0 Å². The summed E-state index contributed by atoms with van der Waals surface area (Å²) in [6.07, 6.45) is 1.21. The first-order chi connectivity index (χ1) is 13.7. The summed E-state index contributed by atoms with van der Waals surface area (Å²) >= 11 is 1.60. The van der Waals surface area contributed by atoms with Crippen molar-refractivity contribution in [2.45, 2.75) is 18.9 Å². The average molecular weight is 390 g/mol. The maximum atomic E-state index is 13.5. The van der Waals surface area contributed by atoms with Crippen molar-refractivity contribution in [3.05, 3.63) is 93.6 Å². The number of H-pyrrole nitrogens is 1. The Hall–Kier alpha value is -2.92. The summed E-state index contributed by atoms with van der Waals surface area (Å²) in [5, 5.41) is 3.20. The molecule has 0 radical (unpaired) electrons. The summed E-state index contributed by atoms with van der Waals surface area (Å²) in [4.78, 5) is 19.7. The first kappa shape index (κ1) is 17.2. The molecule has 5 rings (SSSR count). The zero-order chi connectivity index (χ0) is 19.1.